The van der Waals surface area contributed by atoms with Crippen LogP contribution in [-0.4, -0.2) is 30.4 Å². The Balaban J connectivity index is 2.63. The number of hydrogen-bond donors (Lipinski definition) is 1. The molecule has 0 aromatic carbocycles. The molecule has 1 amide bonds. The molecule has 0 atom stereocenters. The maximum atomic E-state index is 12.0. The van der Waals surface area contributed by atoms with Crippen LogP contribution in [0, 0.1) is 5.41 Å². The second-order valence-corrected chi connectivity index (χ2v) is 3.82. The van der Waals surface area contributed by atoms with Gasteiger partial charge in [0.1, 0.15) is 0 Å². The molecule has 3 heteroatoms. The standard InChI is InChI=1S/C10H20N2O/c1-3-12(4-2)9(13)10(8-11)6-5-7-10/h3-8,11H2,1-2H3. The van der Waals surface area contributed by atoms with Crippen LogP contribution in [0.15, 0.2) is 0 Å². The van der Waals surface area contributed by atoms with Crippen LogP contribution in [-0.2, 0) is 4.79 Å². The average Bonchev–Trinajstić information content (AvgIpc) is 2.05. The van der Waals surface area contributed by atoms with Crippen LogP contribution >= 0.6 is 0 Å². The van der Waals surface area contributed by atoms with E-state index in [9.17, 15) is 4.79 Å². The van der Waals surface area contributed by atoms with E-state index in [1.807, 2.05) is 18.7 Å². The van der Waals surface area contributed by atoms with Gasteiger partial charge in [-0.1, -0.05) is 6.42 Å². The summed E-state index contributed by atoms with van der Waals surface area (Å²) >= 11 is 0. The summed E-state index contributed by atoms with van der Waals surface area (Å²) in [6.07, 6.45) is 3.13. The van der Waals surface area contributed by atoms with Crippen LogP contribution in [0.4, 0.5) is 0 Å². The van der Waals surface area contributed by atoms with Crippen molar-refractivity contribution in [2.75, 3.05) is 19.6 Å². The first-order chi connectivity index (χ1) is 6.20. The van der Waals surface area contributed by atoms with Gasteiger partial charge in [0.05, 0.1) is 5.41 Å². The predicted octanol–water partition coefficient (Wildman–Crippen LogP) is 0.984. The molecule has 1 saturated carbocycles. The Morgan fingerprint density at radius 3 is 2.15 bits per heavy atom. The Kier molecular flexibility index (Phi) is 3.31. The third-order valence-corrected chi connectivity index (χ3v) is 3.21. The van der Waals surface area contributed by atoms with Crippen LogP contribution in [0.1, 0.15) is 33.1 Å². The number of nitrogens with zero attached hydrogens (tertiary/aromatic N) is 1. The monoisotopic (exact) mass is 184 g/mol. The summed E-state index contributed by atoms with van der Waals surface area (Å²) in [5, 5.41) is 0. The molecule has 0 unspecified atom stereocenters. The minimum absolute atomic E-state index is 0.188. The quantitative estimate of drug-likeness (QED) is 0.708. The molecule has 3 nitrogen and oxygen atoms in total. The molecule has 0 aromatic heterocycles. The zero-order valence-electron chi connectivity index (χ0n) is 8.68. The van der Waals surface area contributed by atoms with Crippen molar-refractivity contribution in [3.05, 3.63) is 0 Å². The highest BCUT2D eigenvalue weighted by Crippen LogP contribution is 2.41. The van der Waals surface area contributed by atoms with Crippen LogP contribution < -0.4 is 5.73 Å². The van der Waals surface area contributed by atoms with Crippen LogP contribution in [0.3, 0.4) is 0 Å². The van der Waals surface area contributed by atoms with Gasteiger partial charge in [0.15, 0.2) is 0 Å². The van der Waals surface area contributed by atoms with E-state index in [-0.39, 0.29) is 11.3 Å². The number of carbonyl (C=O) groups is 1. The summed E-state index contributed by atoms with van der Waals surface area (Å²) in [4.78, 5) is 13.9. The molecule has 13 heavy (non-hydrogen) atoms. The Morgan fingerprint density at radius 2 is 1.92 bits per heavy atom. The molecular formula is C10H20N2O. The topological polar surface area (TPSA) is 46.3 Å². The lowest BCUT2D eigenvalue weighted by Crippen LogP contribution is -2.51. The zero-order chi connectivity index (χ0) is 9.90. The van der Waals surface area contributed by atoms with E-state index in [0.29, 0.717) is 6.54 Å². The molecule has 0 aromatic rings. The number of carbonyl (C=O) groups excluding carboxylic acids is 1. The number of amides is 1. The minimum atomic E-state index is -0.188. The molecule has 0 aliphatic heterocycles. The van der Waals surface area contributed by atoms with E-state index in [1.165, 1.54) is 0 Å². The van der Waals surface area contributed by atoms with Crippen molar-refractivity contribution in [3.63, 3.8) is 0 Å². The first-order valence-electron chi connectivity index (χ1n) is 5.19. The van der Waals surface area contributed by atoms with Gasteiger partial charge in [0, 0.05) is 19.6 Å². The number of hydrogen-bond acceptors (Lipinski definition) is 2. The fourth-order valence-electron chi connectivity index (χ4n) is 1.96. The van der Waals surface area contributed by atoms with Crippen LogP contribution in [0.25, 0.3) is 0 Å². The van der Waals surface area contributed by atoms with E-state index in [1.54, 1.807) is 0 Å². The molecule has 1 aliphatic carbocycles. The van der Waals surface area contributed by atoms with Crippen molar-refractivity contribution < 1.29 is 4.79 Å². The maximum Gasteiger partial charge on any atom is 0.230 e. The lowest BCUT2D eigenvalue weighted by Gasteiger charge is -2.42. The summed E-state index contributed by atoms with van der Waals surface area (Å²) < 4.78 is 0. The Bertz CT molecular complexity index is 178. The highest BCUT2D eigenvalue weighted by Gasteiger charge is 2.44. The Morgan fingerprint density at radius 1 is 1.38 bits per heavy atom. The van der Waals surface area contributed by atoms with E-state index >= 15 is 0 Å². The molecule has 0 bridgehead atoms. The van der Waals surface area contributed by atoms with Crippen molar-refractivity contribution in [3.8, 4) is 0 Å². The predicted molar refractivity (Wildman–Crippen MR) is 53.3 cm³/mol. The van der Waals surface area contributed by atoms with Gasteiger partial charge in [-0.05, 0) is 26.7 Å². The summed E-state index contributed by atoms with van der Waals surface area (Å²) in [5.41, 5.74) is 5.48. The molecule has 1 rings (SSSR count). The molecule has 0 heterocycles. The van der Waals surface area contributed by atoms with Crippen molar-refractivity contribution in [2.45, 2.75) is 33.1 Å². The second kappa shape index (κ2) is 4.09. The average molecular weight is 184 g/mol. The molecule has 0 spiro atoms. The molecule has 0 radical (unpaired) electrons. The highest BCUT2D eigenvalue weighted by molar-refractivity contribution is 5.83. The van der Waals surface area contributed by atoms with Gasteiger partial charge in [-0.25, -0.2) is 0 Å². The Labute approximate surface area is 80.3 Å². The largest absolute Gasteiger partial charge is 0.343 e. The van der Waals surface area contributed by atoms with Gasteiger partial charge >= 0.3 is 0 Å². The molecular weight excluding hydrogens is 164 g/mol. The second-order valence-electron chi connectivity index (χ2n) is 3.82. The fourth-order valence-corrected chi connectivity index (χ4v) is 1.96. The smallest absolute Gasteiger partial charge is 0.230 e. The first kappa shape index (κ1) is 10.5. The summed E-state index contributed by atoms with van der Waals surface area (Å²) in [5.74, 6) is 0.270. The van der Waals surface area contributed by atoms with Crippen LogP contribution in [0.5, 0.6) is 0 Å². The van der Waals surface area contributed by atoms with Gasteiger partial charge in [-0.3, -0.25) is 4.79 Å². The third kappa shape index (κ3) is 1.70. The maximum absolute atomic E-state index is 12.0. The van der Waals surface area contributed by atoms with Crippen molar-refractivity contribution in [1.82, 2.24) is 4.90 Å². The van der Waals surface area contributed by atoms with E-state index in [2.05, 4.69) is 0 Å². The molecule has 76 valence electrons. The zero-order valence-corrected chi connectivity index (χ0v) is 8.68. The molecule has 2 N–H and O–H groups in total. The summed E-state index contributed by atoms with van der Waals surface area (Å²) in [7, 11) is 0. The third-order valence-electron chi connectivity index (χ3n) is 3.21. The lowest BCUT2D eigenvalue weighted by molar-refractivity contribution is -0.146. The van der Waals surface area contributed by atoms with Gasteiger partial charge in [0.25, 0.3) is 0 Å². The van der Waals surface area contributed by atoms with E-state index in [4.69, 9.17) is 5.73 Å². The van der Waals surface area contributed by atoms with Gasteiger partial charge in [-0.2, -0.15) is 0 Å². The molecule has 1 fully saturated rings. The summed E-state index contributed by atoms with van der Waals surface area (Å²) in [6.45, 7) is 6.16. The molecule has 1 aliphatic rings. The normalized spacial score (nSPS) is 19.3. The molecule has 0 saturated heterocycles. The summed E-state index contributed by atoms with van der Waals surface area (Å²) in [6, 6.07) is 0. The van der Waals surface area contributed by atoms with Crippen molar-refractivity contribution in [1.29, 1.82) is 0 Å². The van der Waals surface area contributed by atoms with Gasteiger partial charge < -0.3 is 10.6 Å². The fraction of sp³-hybridized carbons (Fsp3) is 0.900. The minimum Gasteiger partial charge on any atom is -0.343 e. The number of rotatable bonds is 4. The van der Waals surface area contributed by atoms with Crippen LogP contribution in [0.2, 0.25) is 0 Å². The number of nitrogens with two attached hydrogens (primary N) is 1. The highest BCUT2D eigenvalue weighted by atomic mass is 16.2. The van der Waals surface area contributed by atoms with E-state index in [0.717, 1.165) is 32.4 Å². The van der Waals surface area contributed by atoms with E-state index < -0.39 is 0 Å². The van der Waals surface area contributed by atoms with Gasteiger partial charge in [-0.15, -0.1) is 0 Å². The van der Waals surface area contributed by atoms with Crippen molar-refractivity contribution >= 4 is 5.91 Å². The first-order valence-corrected chi connectivity index (χ1v) is 5.19. The van der Waals surface area contributed by atoms with Crippen molar-refractivity contribution in [2.24, 2.45) is 11.1 Å². The van der Waals surface area contributed by atoms with Gasteiger partial charge in [0.2, 0.25) is 5.91 Å². The lowest BCUT2D eigenvalue weighted by atomic mass is 9.68. The Hall–Kier alpha value is -0.570. The SMILES string of the molecule is CCN(CC)C(=O)C1(CN)CCC1.